The van der Waals surface area contributed by atoms with Crippen LogP contribution in [-0.2, 0) is 14.8 Å². The maximum Gasteiger partial charge on any atom is 0.265 e. The first-order chi connectivity index (χ1) is 10.3. The van der Waals surface area contributed by atoms with Crippen LogP contribution in [0.25, 0.3) is 0 Å². The van der Waals surface area contributed by atoms with E-state index >= 15 is 0 Å². The van der Waals surface area contributed by atoms with Gasteiger partial charge in [0.2, 0.25) is 15.9 Å². The molecule has 0 aliphatic carbocycles. The van der Waals surface area contributed by atoms with Crippen LogP contribution in [0.4, 0.5) is 0 Å². The van der Waals surface area contributed by atoms with Gasteiger partial charge in [-0.15, -0.1) is 11.3 Å². The minimum Gasteiger partial charge on any atom is -0.359 e. The Bertz CT molecular complexity index is 644. The molecule has 1 aromatic rings. The molecule has 2 heterocycles. The molecule has 2 rings (SSSR count). The highest BCUT2D eigenvalue weighted by Crippen LogP contribution is 2.17. The summed E-state index contributed by atoms with van der Waals surface area (Å²) in [4.78, 5) is 30.2. The molecule has 8 nitrogen and oxygen atoms in total. The van der Waals surface area contributed by atoms with Crippen molar-refractivity contribution in [2.45, 2.75) is 0 Å². The molecule has 0 spiro atoms. The van der Waals surface area contributed by atoms with Crippen molar-refractivity contribution < 1.29 is 18.0 Å². The summed E-state index contributed by atoms with van der Waals surface area (Å²) in [6.07, 6.45) is 2.58. The lowest BCUT2D eigenvalue weighted by atomic mass is 10.1. The number of sulfonamides is 1. The van der Waals surface area contributed by atoms with Gasteiger partial charge in [0.25, 0.3) is 5.91 Å². The number of thiazole rings is 1. The molecule has 22 heavy (non-hydrogen) atoms. The largest absolute Gasteiger partial charge is 0.359 e. The van der Waals surface area contributed by atoms with E-state index in [9.17, 15) is 18.0 Å². The zero-order valence-electron chi connectivity index (χ0n) is 12.4. The van der Waals surface area contributed by atoms with Gasteiger partial charge in [0.05, 0.1) is 23.9 Å². The van der Waals surface area contributed by atoms with E-state index in [0.29, 0.717) is 4.88 Å². The summed E-state index contributed by atoms with van der Waals surface area (Å²) >= 11 is 1.22. The molecule has 0 aromatic carbocycles. The molecular weight excluding hydrogens is 328 g/mol. The van der Waals surface area contributed by atoms with Crippen molar-refractivity contribution in [1.82, 2.24) is 19.5 Å². The topological polar surface area (TPSA) is 99.7 Å². The Morgan fingerprint density at radius 1 is 1.36 bits per heavy atom. The Hall–Kier alpha value is -1.52. The summed E-state index contributed by atoms with van der Waals surface area (Å²) in [5.41, 5.74) is 1.56. The molecule has 0 bridgehead atoms. The van der Waals surface area contributed by atoms with Gasteiger partial charge in [0.1, 0.15) is 4.88 Å². The van der Waals surface area contributed by atoms with E-state index in [1.54, 1.807) is 5.51 Å². The van der Waals surface area contributed by atoms with Crippen LogP contribution >= 0.6 is 11.3 Å². The summed E-state index contributed by atoms with van der Waals surface area (Å²) in [5.74, 6) is -1.11. The van der Waals surface area contributed by atoms with E-state index in [4.69, 9.17) is 0 Å². The van der Waals surface area contributed by atoms with Gasteiger partial charge in [-0.3, -0.25) is 14.6 Å². The first-order valence-electron chi connectivity index (χ1n) is 6.67. The van der Waals surface area contributed by atoms with Crippen LogP contribution in [0.2, 0.25) is 0 Å². The Labute approximate surface area is 133 Å². The van der Waals surface area contributed by atoms with E-state index in [-0.39, 0.29) is 38.0 Å². The molecular formula is C12H18N4O4S2. The second kappa shape index (κ2) is 6.71. The van der Waals surface area contributed by atoms with E-state index in [1.807, 2.05) is 0 Å². The number of rotatable bonds is 3. The lowest BCUT2D eigenvalue weighted by Gasteiger charge is -2.22. The van der Waals surface area contributed by atoms with Gasteiger partial charge < -0.3 is 10.2 Å². The number of aromatic nitrogens is 1. The minimum absolute atomic E-state index is 0.0744. The Kier molecular flexibility index (Phi) is 5.14. The fourth-order valence-electron chi connectivity index (χ4n) is 2.32. The van der Waals surface area contributed by atoms with E-state index in [1.165, 1.54) is 33.8 Å². The SMILES string of the molecule is CNC(=O)C1CN(C(=O)c2cncs2)CCN(S(C)(=O)=O)C1. The Morgan fingerprint density at radius 2 is 2.09 bits per heavy atom. The molecule has 1 unspecified atom stereocenters. The van der Waals surface area contributed by atoms with Gasteiger partial charge >= 0.3 is 0 Å². The van der Waals surface area contributed by atoms with E-state index in [0.717, 1.165) is 6.26 Å². The molecule has 0 radical (unpaired) electrons. The van der Waals surface area contributed by atoms with Crippen LogP contribution in [0.1, 0.15) is 9.67 Å². The monoisotopic (exact) mass is 346 g/mol. The summed E-state index contributed by atoms with van der Waals surface area (Å²) in [6.45, 7) is 0.682. The molecule has 1 atom stereocenters. The second-order valence-electron chi connectivity index (χ2n) is 5.05. The van der Waals surface area contributed by atoms with Gasteiger partial charge in [-0.1, -0.05) is 0 Å². The number of carbonyl (C=O) groups is 2. The minimum atomic E-state index is -3.42. The molecule has 1 aromatic heterocycles. The van der Waals surface area contributed by atoms with Crippen LogP contribution in [0.15, 0.2) is 11.7 Å². The number of hydrogen-bond donors (Lipinski definition) is 1. The molecule has 1 aliphatic rings. The smallest absolute Gasteiger partial charge is 0.265 e. The number of hydrogen-bond acceptors (Lipinski definition) is 6. The fourth-order valence-corrected chi connectivity index (χ4v) is 3.77. The molecule has 1 saturated heterocycles. The van der Waals surface area contributed by atoms with Crippen LogP contribution in [0.3, 0.4) is 0 Å². The summed E-state index contributed by atoms with van der Waals surface area (Å²) in [7, 11) is -1.93. The maximum atomic E-state index is 12.4. The lowest BCUT2D eigenvalue weighted by Crippen LogP contribution is -2.42. The average molecular weight is 346 g/mol. The van der Waals surface area contributed by atoms with Crippen LogP contribution < -0.4 is 5.32 Å². The first-order valence-corrected chi connectivity index (χ1v) is 9.40. The van der Waals surface area contributed by atoms with Crippen LogP contribution in [0.5, 0.6) is 0 Å². The molecule has 1 aliphatic heterocycles. The van der Waals surface area contributed by atoms with Crippen molar-refractivity contribution in [2.75, 3.05) is 39.5 Å². The van der Waals surface area contributed by atoms with Gasteiger partial charge in [0, 0.05) is 33.2 Å². The summed E-state index contributed by atoms with van der Waals surface area (Å²) < 4.78 is 24.8. The zero-order valence-corrected chi connectivity index (χ0v) is 14.0. The number of amides is 2. The summed E-state index contributed by atoms with van der Waals surface area (Å²) in [5, 5.41) is 2.52. The lowest BCUT2D eigenvalue weighted by molar-refractivity contribution is -0.124. The number of carbonyl (C=O) groups excluding carboxylic acids is 2. The quantitative estimate of drug-likeness (QED) is 0.774. The second-order valence-corrected chi connectivity index (χ2v) is 7.92. The molecule has 1 N–H and O–H groups in total. The highest BCUT2D eigenvalue weighted by Gasteiger charge is 2.33. The van der Waals surface area contributed by atoms with Crippen LogP contribution in [0, 0.1) is 5.92 Å². The maximum absolute atomic E-state index is 12.4. The number of nitrogens with one attached hydrogen (secondary N) is 1. The van der Waals surface area contributed by atoms with Crippen molar-refractivity contribution in [2.24, 2.45) is 5.92 Å². The summed E-state index contributed by atoms with van der Waals surface area (Å²) in [6, 6.07) is 0. The normalized spacial score (nSPS) is 20.5. The highest BCUT2D eigenvalue weighted by atomic mass is 32.2. The predicted molar refractivity (Wildman–Crippen MR) is 82.0 cm³/mol. The van der Waals surface area contributed by atoms with Crippen molar-refractivity contribution in [3.8, 4) is 0 Å². The fraction of sp³-hybridized carbons (Fsp3) is 0.583. The van der Waals surface area contributed by atoms with E-state index < -0.39 is 15.9 Å². The van der Waals surface area contributed by atoms with Gasteiger partial charge in [-0.05, 0) is 0 Å². The van der Waals surface area contributed by atoms with E-state index in [2.05, 4.69) is 10.3 Å². The molecule has 122 valence electrons. The third-order valence-electron chi connectivity index (χ3n) is 3.50. The van der Waals surface area contributed by atoms with Gasteiger partial charge in [0.15, 0.2) is 0 Å². The molecule has 1 fully saturated rings. The van der Waals surface area contributed by atoms with Gasteiger partial charge in [-0.25, -0.2) is 8.42 Å². The Morgan fingerprint density at radius 3 is 2.64 bits per heavy atom. The number of nitrogens with zero attached hydrogens (tertiary/aromatic N) is 3. The highest BCUT2D eigenvalue weighted by molar-refractivity contribution is 7.88. The molecule has 0 saturated carbocycles. The van der Waals surface area contributed by atoms with Crippen molar-refractivity contribution in [1.29, 1.82) is 0 Å². The standard InChI is InChI=1S/C12H18N4O4S2/c1-13-11(17)9-6-15(12(18)10-5-14-8-21-10)3-4-16(7-9)22(2,19)20/h5,8-9H,3-4,6-7H2,1-2H3,(H,13,17). The van der Waals surface area contributed by atoms with Crippen LogP contribution in [-0.4, -0.2) is 73.9 Å². The van der Waals surface area contributed by atoms with Crippen molar-refractivity contribution in [3.63, 3.8) is 0 Å². The van der Waals surface area contributed by atoms with Crippen molar-refractivity contribution >= 4 is 33.2 Å². The predicted octanol–water partition coefficient (Wildman–Crippen LogP) is -0.777. The zero-order chi connectivity index (χ0) is 16.3. The Balaban J connectivity index is 2.23. The van der Waals surface area contributed by atoms with Crippen molar-refractivity contribution in [3.05, 3.63) is 16.6 Å². The third kappa shape index (κ3) is 3.81. The molecule has 10 heteroatoms. The third-order valence-corrected chi connectivity index (χ3v) is 5.53. The van der Waals surface area contributed by atoms with Gasteiger partial charge in [-0.2, -0.15) is 4.31 Å². The molecule has 2 amide bonds. The average Bonchev–Trinajstić information content (AvgIpc) is 2.89. The first kappa shape index (κ1) is 16.8.